The molecule has 8 rings (SSSR count). The van der Waals surface area contributed by atoms with Crippen molar-refractivity contribution in [1.29, 1.82) is 0 Å². The number of rotatable bonds is 3. The van der Waals surface area contributed by atoms with E-state index in [0.717, 1.165) is 17.8 Å². The molecule has 0 saturated heterocycles. The molecule has 0 aliphatic heterocycles. The van der Waals surface area contributed by atoms with Gasteiger partial charge in [0.25, 0.3) is 0 Å². The zero-order valence-corrected chi connectivity index (χ0v) is 16.3. The van der Waals surface area contributed by atoms with Crippen molar-refractivity contribution in [1.82, 2.24) is 0 Å². The third-order valence-corrected chi connectivity index (χ3v) is 10.5. The van der Waals surface area contributed by atoms with Gasteiger partial charge in [0.05, 0.1) is 0 Å². The summed E-state index contributed by atoms with van der Waals surface area (Å²) in [6.07, 6.45) is 23.0. The van der Waals surface area contributed by atoms with Gasteiger partial charge in [-0.3, -0.25) is 0 Å². The molecule has 8 bridgehead atoms. The Hall–Kier alpha value is -0.520. The third kappa shape index (κ3) is 1.80. The topological polar surface area (TPSA) is 0 Å². The molecule has 0 spiro atoms. The number of hydrogen-bond donors (Lipinski definition) is 0. The normalized spacial score (nSPS) is 63.8. The largest absolute Gasteiger partial charge is 0.103 e. The maximum Gasteiger partial charge on any atom is -0.0108 e. The molecule has 6 unspecified atom stereocenters. The molecule has 0 heteroatoms. The fourth-order valence-electron chi connectivity index (χ4n) is 11.0. The summed E-state index contributed by atoms with van der Waals surface area (Å²) in [5.41, 5.74) is 2.90. The van der Waals surface area contributed by atoms with E-state index >= 15 is 0 Å². The first kappa shape index (κ1) is 15.5. The van der Waals surface area contributed by atoms with Gasteiger partial charge >= 0.3 is 0 Å². The van der Waals surface area contributed by atoms with Crippen LogP contribution in [0.2, 0.25) is 0 Å². The molecule has 136 valence electrons. The smallest absolute Gasteiger partial charge is 0.0108 e. The summed E-state index contributed by atoms with van der Waals surface area (Å²) in [7, 11) is 0. The van der Waals surface area contributed by atoms with Gasteiger partial charge < -0.3 is 0 Å². The van der Waals surface area contributed by atoms with Crippen LogP contribution in [0.4, 0.5) is 0 Å². The minimum Gasteiger partial charge on any atom is -0.103 e. The van der Waals surface area contributed by atoms with E-state index in [2.05, 4.69) is 32.2 Å². The molecule has 0 heterocycles. The molecule has 25 heavy (non-hydrogen) atoms. The molecular weight excluding hydrogens is 300 g/mol. The van der Waals surface area contributed by atoms with Gasteiger partial charge in [-0.1, -0.05) is 19.1 Å². The van der Waals surface area contributed by atoms with Crippen molar-refractivity contribution in [3.8, 4) is 0 Å². The second-order valence-electron chi connectivity index (χ2n) is 12.5. The lowest BCUT2D eigenvalue weighted by Crippen LogP contribution is -2.65. The standard InChI is InChI=1S/C25H36/c1-4-22-8-18-6-19(9-22)12-24(11-18,16-22)25-13-20-7-21(3,15-25)14-23(5-2,10-20)17-25/h4-5,18-20H,1-2,6-17H2,3H3. The summed E-state index contributed by atoms with van der Waals surface area (Å²) in [6.45, 7) is 11.4. The Morgan fingerprint density at radius 1 is 0.640 bits per heavy atom. The van der Waals surface area contributed by atoms with E-state index in [0.29, 0.717) is 27.1 Å². The highest BCUT2D eigenvalue weighted by molar-refractivity contribution is 5.24. The predicted octanol–water partition coefficient (Wildman–Crippen LogP) is 6.92. The first-order valence-electron chi connectivity index (χ1n) is 11.1. The molecule has 0 N–H and O–H groups in total. The molecule has 8 aliphatic rings. The summed E-state index contributed by atoms with van der Waals surface area (Å²) >= 11 is 0. The molecule has 6 atom stereocenters. The zero-order valence-electron chi connectivity index (χ0n) is 16.3. The zero-order chi connectivity index (χ0) is 17.1. The van der Waals surface area contributed by atoms with Crippen LogP contribution in [-0.4, -0.2) is 0 Å². The highest BCUT2D eigenvalue weighted by atomic mass is 14.7. The van der Waals surface area contributed by atoms with Crippen LogP contribution >= 0.6 is 0 Å². The average molecular weight is 337 g/mol. The van der Waals surface area contributed by atoms with Crippen LogP contribution < -0.4 is 0 Å². The monoisotopic (exact) mass is 336 g/mol. The minimum atomic E-state index is 0.485. The summed E-state index contributed by atoms with van der Waals surface area (Å²) in [4.78, 5) is 0. The molecule has 0 nitrogen and oxygen atoms in total. The second-order valence-corrected chi connectivity index (χ2v) is 12.5. The van der Waals surface area contributed by atoms with E-state index < -0.39 is 0 Å². The minimum absolute atomic E-state index is 0.485. The third-order valence-electron chi connectivity index (χ3n) is 10.5. The van der Waals surface area contributed by atoms with Crippen molar-refractivity contribution in [3.05, 3.63) is 25.3 Å². The molecule has 0 radical (unpaired) electrons. The van der Waals surface area contributed by atoms with Gasteiger partial charge in [-0.2, -0.15) is 0 Å². The lowest BCUT2D eigenvalue weighted by atomic mass is 9.29. The lowest BCUT2D eigenvalue weighted by molar-refractivity contribution is -0.241. The van der Waals surface area contributed by atoms with E-state index in [9.17, 15) is 0 Å². The summed E-state index contributed by atoms with van der Waals surface area (Å²) in [6, 6.07) is 0. The van der Waals surface area contributed by atoms with Crippen LogP contribution in [0, 0.1) is 44.8 Å². The van der Waals surface area contributed by atoms with E-state index in [4.69, 9.17) is 0 Å². The van der Waals surface area contributed by atoms with Gasteiger partial charge in [-0.05, 0) is 122 Å². The summed E-state index contributed by atoms with van der Waals surface area (Å²) in [5.74, 6) is 3.02. The highest BCUT2D eigenvalue weighted by Crippen LogP contribution is 2.80. The molecule has 8 fully saturated rings. The van der Waals surface area contributed by atoms with Gasteiger partial charge in [0.15, 0.2) is 0 Å². The van der Waals surface area contributed by atoms with Crippen LogP contribution in [0.3, 0.4) is 0 Å². The van der Waals surface area contributed by atoms with Gasteiger partial charge in [0, 0.05) is 0 Å². The maximum absolute atomic E-state index is 4.37. The van der Waals surface area contributed by atoms with Gasteiger partial charge in [-0.15, -0.1) is 13.2 Å². The van der Waals surface area contributed by atoms with Gasteiger partial charge in [0.1, 0.15) is 0 Å². The van der Waals surface area contributed by atoms with Crippen molar-refractivity contribution in [3.63, 3.8) is 0 Å². The average Bonchev–Trinajstić information content (AvgIpc) is 2.51. The van der Waals surface area contributed by atoms with Crippen molar-refractivity contribution in [2.75, 3.05) is 0 Å². The van der Waals surface area contributed by atoms with Crippen LogP contribution in [0.1, 0.15) is 84.0 Å². The van der Waals surface area contributed by atoms with Crippen LogP contribution in [-0.2, 0) is 0 Å². The van der Waals surface area contributed by atoms with E-state index in [1.54, 1.807) is 32.1 Å². The van der Waals surface area contributed by atoms with Gasteiger partial charge in [-0.25, -0.2) is 0 Å². The summed E-state index contributed by atoms with van der Waals surface area (Å²) < 4.78 is 0. The van der Waals surface area contributed by atoms with Gasteiger partial charge in [0.2, 0.25) is 0 Å². The van der Waals surface area contributed by atoms with Crippen molar-refractivity contribution in [2.45, 2.75) is 84.0 Å². The van der Waals surface area contributed by atoms with E-state index in [1.165, 1.54) is 44.9 Å². The Morgan fingerprint density at radius 2 is 1.24 bits per heavy atom. The maximum atomic E-state index is 4.37. The molecule has 0 amide bonds. The second kappa shape index (κ2) is 4.31. The SMILES string of the molecule is C=CC12CC3CC(C1)CC(C14CC5CC(C)(CC(C=C)(C5)C1)C4)(C3)C2. The predicted molar refractivity (Wildman–Crippen MR) is 104 cm³/mol. The van der Waals surface area contributed by atoms with Crippen molar-refractivity contribution in [2.24, 2.45) is 44.8 Å². The molecule has 8 saturated carbocycles. The van der Waals surface area contributed by atoms with Crippen LogP contribution in [0.5, 0.6) is 0 Å². The fraction of sp³-hybridized carbons (Fsp3) is 0.840. The van der Waals surface area contributed by atoms with Crippen molar-refractivity contribution >= 4 is 0 Å². The molecular formula is C25H36. The van der Waals surface area contributed by atoms with E-state index in [-0.39, 0.29) is 0 Å². The Labute approximate surface area is 154 Å². The molecule has 8 aliphatic carbocycles. The summed E-state index contributed by atoms with van der Waals surface area (Å²) in [5, 5.41) is 0. The fourth-order valence-corrected chi connectivity index (χ4v) is 11.0. The molecule has 0 aromatic rings. The Kier molecular flexibility index (Phi) is 2.68. The van der Waals surface area contributed by atoms with Crippen LogP contribution in [0.15, 0.2) is 25.3 Å². The first-order valence-corrected chi connectivity index (χ1v) is 11.1. The van der Waals surface area contributed by atoms with Crippen molar-refractivity contribution < 1.29 is 0 Å². The highest BCUT2D eigenvalue weighted by Gasteiger charge is 2.70. The number of hydrogen-bond acceptors (Lipinski definition) is 0. The Bertz CT molecular complexity index is 643. The Balaban J connectivity index is 1.48. The first-order chi connectivity index (χ1) is 11.8. The number of allylic oxidation sites excluding steroid dienone is 2. The molecule has 0 aromatic carbocycles. The van der Waals surface area contributed by atoms with Crippen LogP contribution in [0.25, 0.3) is 0 Å². The lowest BCUT2D eigenvalue weighted by Gasteiger charge is -2.75. The Morgan fingerprint density at radius 3 is 1.88 bits per heavy atom. The van der Waals surface area contributed by atoms with E-state index in [1.807, 2.05) is 0 Å². The quantitative estimate of drug-likeness (QED) is 0.491. The molecule has 0 aromatic heterocycles.